The number of carboxylic acid groups (broad SMARTS) is 1. The number of aromatic carboxylic acids is 1. The van der Waals surface area contributed by atoms with E-state index in [1.54, 1.807) is 19.1 Å². The number of hydrogen-bond acceptors (Lipinski definition) is 3. The Kier molecular flexibility index (Phi) is 5.06. The van der Waals surface area contributed by atoms with Crippen molar-refractivity contribution >= 4 is 17.6 Å². The Balaban J connectivity index is 2.80. The monoisotopic (exact) mass is 264 g/mol. The lowest BCUT2D eigenvalue weighted by molar-refractivity contribution is -0.117. The van der Waals surface area contributed by atoms with E-state index in [0.29, 0.717) is 23.6 Å². The third kappa shape index (κ3) is 4.37. The van der Waals surface area contributed by atoms with Crippen molar-refractivity contribution in [2.24, 2.45) is 11.7 Å². The van der Waals surface area contributed by atoms with Crippen LogP contribution < -0.4 is 11.1 Å². The summed E-state index contributed by atoms with van der Waals surface area (Å²) in [7, 11) is 0. The zero-order valence-corrected chi connectivity index (χ0v) is 11.4. The number of carbonyl (C=O) groups excluding carboxylic acids is 1. The molecule has 1 amide bonds. The maximum absolute atomic E-state index is 11.8. The van der Waals surface area contributed by atoms with Gasteiger partial charge in [-0.1, -0.05) is 19.9 Å². The molecule has 4 N–H and O–H groups in total. The van der Waals surface area contributed by atoms with Gasteiger partial charge >= 0.3 is 5.97 Å². The predicted octanol–water partition coefficient (Wildman–Crippen LogP) is 2.01. The topological polar surface area (TPSA) is 92.4 Å². The molecule has 0 saturated heterocycles. The fourth-order valence-electron chi connectivity index (χ4n) is 1.78. The van der Waals surface area contributed by atoms with Crippen LogP contribution in [-0.4, -0.2) is 23.0 Å². The Bertz CT molecular complexity index is 484. The lowest BCUT2D eigenvalue weighted by Gasteiger charge is -2.14. The summed E-state index contributed by atoms with van der Waals surface area (Å²) in [6.45, 7) is 5.68. The maximum atomic E-state index is 11.8. The quantitative estimate of drug-likeness (QED) is 0.758. The first-order chi connectivity index (χ1) is 8.81. The second kappa shape index (κ2) is 6.33. The largest absolute Gasteiger partial charge is 0.478 e. The Morgan fingerprint density at radius 3 is 2.53 bits per heavy atom. The number of rotatable bonds is 5. The van der Waals surface area contributed by atoms with Gasteiger partial charge in [0, 0.05) is 5.69 Å². The first-order valence-electron chi connectivity index (χ1n) is 6.21. The SMILES string of the molecule is Cc1ccc(NC(=O)C(N)CC(C)C)cc1C(=O)O. The zero-order chi connectivity index (χ0) is 14.6. The summed E-state index contributed by atoms with van der Waals surface area (Å²) < 4.78 is 0. The van der Waals surface area contributed by atoms with Gasteiger partial charge < -0.3 is 16.2 Å². The van der Waals surface area contributed by atoms with E-state index in [2.05, 4.69) is 5.32 Å². The van der Waals surface area contributed by atoms with Crippen molar-refractivity contribution in [3.8, 4) is 0 Å². The van der Waals surface area contributed by atoms with E-state index >= 15 is 0 Å². The molecule has 1 unspecified atom stereocenters. The highest BCUT2D eigenvalue weighted by Gasteiger charge is 2.16. The molecular formula is C14H20N2O3. The van der Waals surface area contributed by atoms with Crippen LogP contribution in [0.4, 0.5) is 5.69 Å². The summed E-state index contributed by atoms with van der Waals surface area (Å²) in [6.07, 6.45) is 0.587. The Morgan fingerprint density at radius 1 is 1.37 bits per heavy atom. The van der Waals surface area contributed by atoms with Gasteiger partial charge in [0.05, 0.1) is 11.6 Å². The first-order valence-corrected chi connectivity index (χ1v) is 6.21. The summed E-state index contributed by atoms with van der Waals surface area (Å²) in [5, 5.41) is 11.7. The van der Waals surface area contributed by atoms with E-state index < -0.39 is 12.0 Å². The van der Waals surface area contributed by atoms with Gasteiger partial charge in [0.15, 0.2) is 0 Å². The van der Waals surface area contributed by atoms with Crippen molar-refractivity contribution in [1.82, 2.24) is 0 Å². The van der Waals surface area contributed by atoms with Gasteiger partial charge in [-0.05, 0) is 37.0 Å². The number of nitrogens with two attached hydrogens (primary N) is 1. The van der Waals surface area contributed by atoms with Crippen molar-refractivity contribution in [2.45, 2.75) is 33.2 Å². The summed E-state index contributed by atoms with van der Waals surface area (Å²) >= 11 is 0. The van der Waals surface area contributed by atoms with E-state index in [9.17, 15) is 9.59 Å². The van der Waals surface area contributed by atoms with Crippen molar-refractivity contribution in [2.75, 3.05) is 5.32 Å². The van der Waals surface area contributed by atoms with Crippen molar-refractivity contribution in [1.29, 1.82) is 0 Å². The lowest BCUT2D eigenvalue weighted by atomic mass is 10.0. The molecule has 1 aromatic rings. The predicted molar refractivity (Wildman–Crippen MR) is 74.2 cm³/mol. The highest BCUT2D eigenvalue weighted by molar-refractivity contribution is 5.97. The van der Waals surface area contributed by atoms with Crippen LogP contribution >= 0.6 is 0 Å². The van der Waals surface area contributed by atoms with Crippen LogP contribution in [0.15, 0.2) is 18.2 Å². The van der Waals surface area contributed by atoms with Crippen molar-refractivity contribution < 1.29 is 14.7 Å². The molecule has 0 aromatic heterocycles. The van der Waals surface area contributed by atoms with Gasteiger partial charge in [-0.25, -0.2) is 4.79 Å². The van der Waals surface area contributed by atoms with Gasteiger partial charge in [-0.15, -0.1) is 0 Å². The minimum Gasteiger partial charge on any atom is -0.478 e. The summed E-state index contributed by atoms with van der Waals surface area (Å²) in [5.41, 5.74) is 7.04. The van der Waals surface area contributed by atoms with Crippen LogP contribution in [0.25, 0.3) is 0 Å². The van der Waals surface area contributed by atoms with E-state index in [1.165, 1.54) is 6.07 Å². The van der Waals surface area contributed by atoms with E-state index in [0.717, 1.165) is 0 Å². The van der Waals surface area contributed by atoms with Gasteiger partial charge in [-0.2, -0.15) is 0 Å². The molecule has 0 aliphatic rings. The molecule has 0 fully saturated rings. The highest BCUT2D eigenvalue weighted by atomic mass is 16.4. The first kappa shape index (κ1) is 15.2. The molecule has 5 nitrogen and oxygen atoms in total. The Hall–Kier alpha value is -1.88. The van der Waals surface area contributed by atoms with Crippen molar-refractivity contribution in [3.63, 3.8) is 0 Å². The summed E-state index contributed by atoms with van der Waals surface area (Å²) in [6, 6.07) is 4.18. The Labute approximate surface area is 112 Å². The van der Waals surface area contributed by atoms with E-state index in [-0.39, 0.29) is 11.5 Å². The molecule has 1 aromatic carbocycles. The zero-order valence-electron chi connectivity index (χ0n) is 11.4. The highest BCUT2D eigenvalue weighted by Crippen LogP contribution is 2.16. The molecule has 1 atom stereocenters. The third-order valence-electron chi connectivity index (χ3n) is 2.80. The molecule has 0 radical (unpaired) electrons. The van der Waals surface area contributed by atoms with Crippen LogP contribution in [0.3, 0.4) is 0 Å². The van der Waals surface area contributed by atoms with Gasteiger partial charge in [0.2, 0.25) is 5.91 Å². The minimum atomic E-state index is -1.01. The molecule has 1 rings (SSSR count). The molecule has 0 aliphatic heterocycles. The van der Waals surface area contributed by atoms with Gasteiger partial charge in [0.1, 0.15) is 0 Å². The van der Waals surface area contributed by atoms with Crippen molar-refractivity contribution in [3.05, 3.63) is 29.3 Å². The number of aryl methyl sites for hydroxylation is 1. The summed E-state index contributed by atoms with van der Waals surface area (Å²) in [5.74, 6) is -0.984. The molecular weight excluding hydrogens is 244 g/mol. The van der Waals surface area contributed by atoms with E-state index in [1.807, 2.05) is 13.8 Å². The minimum absolute atomic E-state index is 0.176. The van der Waals surface area contributed by atoms with Gasteiger partial charge in [0.25, 0.3) is 0 Å². The normalized spacial score (nSPS) is 12.3. The number of carbonyl (C=O) groups is 2. The number of anilines is 1. The standard InChI is InChI=1S/C14H20N2O3/c1-8(2)6-12(15)13(17)16-10-5-4-9(3)11(7-10)14(18)19/h4-5,7-8,12H,6,15H2,1-3H3,(H,16,17)(H,18,19). The molecule has 0 saturated carbocycles. The maximum Gasteiger partial charge on any atom is 0.336 e. The van der Waals surface area contributed by atoms with Crippen LogP contribution in [0, 0.1) is 12.8 Å². The van der Waals surface area contributed by atoms with Gasteiger partial charge in [-0.3, -0.25) is 4.79 Å². The molecule has 0 aliphatic carbocycles. The average molecular weight is 264 g/mol. The van der Waals surface area contributed by atoms with Crippen LogP contribution in [0.1, 0.15) is 36.2 Å². The smallest absolute Gasteiger partial charge is 0.336 e. The molecule has 0 spiro atoms. The average Bonchev–Trinajstić information content (AvgIpc) is 2.30. The number of benzene rings is 1. The number of carboxylic acids is 1. The second-order valence-electron chi connectivity index (χ2n) is 5.06. The Morgan fingerprint density at radius 2 is 2.00 bits per heavy atom. The van der Waals surface area contributed by atoms with E-state index in [4.69, 9.17) is 10.8 Å². The molecule has 0 heterocycles. The fraction of sp³-hybridized carbons (Fsp3) is 0.429. The lowest BCUT2D eigenvalue weighted by Crippen LogP contribution is -2.36. The number of hydrogen-bond donors (Lipinski definition) is 3. The molecule has 5 heteroatoms. The van der Waals surface area contributed by atoms with Crippen LogP contribution in [0.5, 0.6) is 0 Å². The van der Waals surface area contributed by atoms with Crippen LogP contribution in [-0.2, 0) is 4.79 Å². The third-order valence-corrected chi connectivity index (χ3v) is 2.80. The summed E-state index contributed by atoms with van der Waals surface area (Å²) in [4.78, 5) is 22.8. The second-order valence-corrected chi connectivity index (χ2v) is 5.06. The molecule has 104 valence electrons. The molecule has 0 bridgehead atoms. The fourth-order valence-corrected chi connectivity index (χ4v) is 1.78. The number of amides is 1. The van der Waals surface area contributed by atoms with Crippen LogP contribution in [0.2, 0.25) is 0 Å². The number of nitrogens with one attached hydrogen (secondary N) is 1. The molecule has 19 heavy (non-hydrogen) atoms.